The Morgan fingerprint density at radius 3 is 2.67 bits per heavy atom. The number of hydrogen-bond acceptors (Lipinski definition) is 5. The molecular formula is C14H15ClN2O3S. The van der Waals surface area contributed by atoms with E-state index in [2.05, 4.69) is 10.3 Å². The van der Waals surface area contributed by atoms with Crippen LogP contribution in [0.3, 0.4) is 0 Å². The smallest absolute Gasteiger partial charge is 0.243 e. The molecule has 0 saturated carbocycles. The van der Waals surface area contributed by atoms with E-state index in [4.69, 9.17) is 21.1 Å². The van der Waals surface area contributed by atoms with Gasteiger partial charge in [-0.15, -0.1) is 22.9 Å². The standard InChI is InChI=1S/C14H15ClN2O3S/c1-8(15)13(18)17-14-16-10(7-21-14)9-4-5-11(19-2)12(6-9)20-3/h4-8H,1-3H3,(H,16,17,18). The molecule has 5 nitrogen and oxygen atoms in total. The van der Waals surface area contributed by atoms with Gasteiger partial charge in [0.15, 0.2) is 16.6 Å². The van der Waals surface area contributed by atoms with Crippen LogP contribution in [0.15, 0.2) is 23.6 Å². The topological polar surface area (TPSA) is 60.5 Å². The van der Waals surface area contributed by atoms with Gasteiger partial charge in [-0.25, -0.2) is 4.98 Å². The minimum absolute atomic E-state index is 0.273. The molecule has 112 valence electrons. The lowest BCUT2D eigenvalue weighted by molar-refractivity contribution is -0.115. The summed E-state index contributed by atoms with van der Waals surface area (Å²) >= 11 is 7.05. The molecule has 1 unspecified atom stereocenters. The van der Waals surface area contributed by atoms with Crippen LogP contribution in [0.1, 0.15) is 6.92 Å². The first-order valence-electron chi connectivity index (χ1n) is 6.18. The molecule has 1 N–H and O–H groups in total. The van der Waals surface area contributed by atoms with Gasteiger partial charge in [0.05, 0.1) is 19.9 Å². The number of benzene rings is 1. The first kappa shape index (κ1) is 15.6. The molecular weight excluding hydrogens is 312 g/mol. The average Bonchev–Trinajstić information content (AvgIpc) is 2.94. The molecule has 1 heterocycles. The molecule has 1 atom stereocenters. The molecule has 1 amide bonds. The predicted molar refractivity (Wildman–Crippen MR) is 84.6 cm³/mol. The number of aromatic nitrogens is 1. The van der Waals surface area contributed by atoms with E-state index in [-0.39, 0.29) is 5.91 Å². The molecule has 0 fully saturated rings. The molecule has 0 aliphatic heterocycles. The van der Waals surface area contributed by atoms with Gasteiger partial charge in [0.25, 0.3) is 0 Å². The molecule has 1 aromatic carbocycles. The predicted octanol–water partition coefficient (Wildman–Crippen LogP) is 3.39. The number of anilines is 1. The molecule has 0 spiro atoms. The van der Waals surface area contributed by atoms with Gasteiger partial charge in [-0.2, -0.15) is 0 Å². The van der Waals surface area contributed by atoms with Crippen molar-refractivity contribution in [1.29, 1.82) is 0 Å². The summed E-state index contributed by atoms with van der Waals surface area (Å²) in [4.78, 5) is 15.9. The van der Waals surface area contributed by atoms with Crippen LogP contribution in [-0.2, 0) is 4.79 Å². The number of halogens is 1. The van der Waals surface area contributed by atoms with Crippen molar-refractivity contribution in [2.45, 2.75) is 12.3 Å². The van der Waals surface area contributed by atoms with E-state index >= 15 is 0 Å². The maximum Gasteiger partial charge on any atom is 0.243 e. The monoisotopic (exact) mass is 326 g/mol. The highest BCUT2D eigenvalue weighted by atomic mass is 35.5. The highest BCUT2D eigenvalue weighted by Crippen LogP contribution is 2.33. The molecule has 2 rings (SSSR count). The van der Waals surface area contributed by atoms with E-state index in [9.17, 15) is 4.79 Å². The minimum atomic E-state index is -0.599. The molecule has 7 heteroatoms. The summed E-state index contributed by atoms with van der Waals surface area (Å²) in [6.45, 7) is 1.61. The molecule has 0 aliphatic rings. The van der Waals surface area contributed by atoms with Gasteiger partial charge >= 0.3 is 0 Å². The lowest BCUT2D eigenvalue weighted by Gasteiger charge is -2.08. The van der Waals surface area contributed by atoms with Crippen molar-refractivity contribution in [2.75, 3.05) is 19.5 Å². The lowest BCUT2D eigenvalue weighted by atomic mass is 10.1. The van der Waals surface area contributed by atoms with E-state index in [1.807, 2.05) is 23.6 Å². The van der Waals surface area contributed by atoms with Gasteiger partial charge in [-0.3, -0.25) is 4.79 Å². The number of nitrogens with zero attached hydrogens (tertiary/aromatic N) is 1. The SMILES string of the molecule is COc1ccc(-c2csc(NC(=O)C(C)Cl)n2)cc1OC. The molecule has 2 aromatic rings. The molecule has 0 aliphatic carbocycles. The fourth-order valence-electron chi connectivity index (χ4n) is 1.66. The van der Waals surface area contributed by atoms with E-state index in [0.29, 0.717) is 16.6 Å². The number of rotatable bonds is 5. The third-order valence-electron chi connectivity index (χ3n) is 2.77. The van der Waals surface area contributed by atoms with Gasteiger partial charge < -0.3 is 14.8 Å². The second-order valence-corrected chi connectivity index (χ2v) is 5.73. The quantitative estimate of drug-likeness (QED) is 0.855. The number of carbonyl (C=O) groups excluding carboxylic acids is 1. The van der Waals surface area contributed by atoms with Gasteiger partial charge in [-0.05, 0) is 25.1 Å². The van der Waals surface area contributed by atoms with Crippen LogP contribution in [0.2, 0.25) is 0 Å². The van der Waals surface area contributed by atoms with E-state index < -0.39 is 5.38 Å². The summed E-state index contributed by atoms with van der Waals surface area (Å²) in [6, 6.07) is 5.53. The van der Waals surface area contributed by atoms with Crippen LogP contribution < -0.4 is 14.8 Å². The number of carbonyl (C=O) groups is 1. The summed E-state index contributed by atoms with van der Waals surface area (Å²) in [5, 5.41) is 4.43. The average molecular weight is 327 g/mol. The van der Waals surface area contributed by atoms with E-state index in [0.717, 1.165) is 11.3 Å². The fourth-order valence-corrected chi connectivity index (χ4v) is 2.44. The van der Waals surface area contributed by atoms with Gasteiger partial charge in [0.2, 0.25) is 5.91 Å². The molecule has 0 radical (unpaired) electrons. The van der Waals surface area contributed by atoms with Gasteiger partial charge in [0.1, 0.15) is 5.38 Å². The van der Waals surface area contributed by atoms with Crippen molar-refractivity contribution in [2.24, 2.45) is 0 Å². The summed E-state index contributed by atoms with van der Waals surface area (Å²) < 4.78 is 10.5. The first-order valence-corrected chi connectivity index (χ1v) is 7.49. The van der Waals surface area contributed by atoms with Crippen LogP contribution in [0.25, 0.3) is 11.3 Å². The zero-order valence-electron chi connectivity index (χ0n) is 11.8. The zero-order valence-corrected chi connectivity index (χ0v) is 13.4. The Balaban J connectivity index is 2.23. The number of amides is 1. The van der Waals surface area contributed by atoms with Crippen molar-refractivity contribution in [1.82, 2.24) is 4.98 Å². The van der Waals surface area contributed by atoms with Crippen LogP contribution in [0.4, 0.5) is 5.13 Å². The number of thiazole rings is 1. The van der Waals surface area contributed by atoms with Crippen molar-refractivity contribution in [3.8, 4) is 22.8 Å². The minimum Gasteiger partial charge on any atom is -0.493 e. The Morgan fingerprint density at radius 1 is 1.33 bits per heavy atom. The van der Waals surface area contributed by atoms with E-state index in [1.165, 1.54) is 11.3 Å². The van der Waals surface area contributed by atoms with Gasteiger partial charge in [-0.1, -0.05) is 0 Å². The second kappa shape index (κ2) is 6.78. The highest BCUT2D eigenvalue weighted by molar-refractivity contribution is 7.14. The number of methoxy groups -OCH3 is 2. The Morgan fingerprint density at radius 2 is 2.05 bits per heavy atom. The fraction of sp³-hybridized carbons (Fsp3) is 0.286. The Hall–Kier alpha value is -1.79. The molecule has 0 saturated heterocycles. The second-order valence-electron chi connectivity index (χ2n) is 4.21. The van der Waals surface area contributed by atoms with Crippen molar-refractivity contribution in [3.63, 3.8) is 0 Å². The van der Waals surface area contributed by atoms with Crippen molar-refractivity contribution >= 4 is 34.0 Å². The van der Waals surface area contributed by atoms with E-state index in [1.54, 1.807) is 21.1 Å². The molecule has 0 bridgehead atoms. The van der Waals surface area contributed by atoms with Crippen LogP contribution in [-0.4, -0.2) is 30.5 Å². The Labute approximate surface area is 131 Å². The summed E-state index contributed by atoms with van der Waals surface area (Å²) in [7, 11) is 3.16. The number of nitrogens with one attached hydrogen (secondary N) is 1. The zero-order chi connectivity index (χ0) is 15.4. The molecule has 1 aromatic heterocycles. The largest absolute Gasteiger partial charge is 0.493 e. The van der Waals surface area contributed by atoms with Gasteiger partial charge in [0, 0.05) is 10.9 Å². The normalized spacial score (nSPS) is 11.8. The summed E-state index contributed by atoms with van der Waals surface area (Å²) in [5.41, 5.74) is 1.63. The van der Waals surface area contributed by atoms with Crippen LogP contribution in [0.5, 0.6) is 11.5 Å². The van der Waals surface area contributed by atoms with Crippen LogP contribution in [0, 0.1) is 0 Å². The Bertz CT molecular complexity index is 643. The summed E-state index contributed by atoms with van der Waals surface area (Å²) in [5.74, 6) is 1.01. The third kappa shape index (κ3) is 3.65. The Kier molecular flexibility index (Phi) is 5.03. The lowest BCUT2D eigenvalue weighted by Crippen LogP contribution is -2.20. The molecule has 21 heavy (non-hydrogen) atoms. The van der Waals surface area contributed by atoms with Crippen molar-refractivity contribution in [3.05, 3.63) is 23.6 Å². The summed E-state index contributed by atoms with van der Waals surface area (Å²) in [6.07, 6.45) is 0. The maximum atomic E-state index is 11.5. The third-order valence-corrected chi connectivity index (χ3v) is 3.73. The number of ether oxygens (including phenoxy) is 2. The maximum absolute atomic E-state index is 11.5. The number of alkyl halides is 1. The van der Waals surface area contributed by atoms with Crippen LogP contribution >= 0.6 is 22.9 Å². The number of hydrogen-bond donors (Lipinski definition) is 1. The first-order chi connectivity index (χ1) is 10.0. The van der Waals surface area contributed by atoms with Crippen molar-refractivity contribution < 1.29 is 14.3 Å². The highest BCUT2D eigenvalue weighted by Gasteiger charge is 2.13.